The molecule has 1 amide bonds. The Bertz CT molecular complexity index is 778. The monoisotopic (exact) mass is 407 g/mol. The Balaban J connectivity index is 2.05. The molecule has 126 valence electrons. The van der Waals surface area contributed by atoms with Crippen molar-refractivity contribution in [2.75, 3.05) is 11.9 Å². The molecule has 1 aliphatic rings. The molecule has 0 atom stereocenters. The quantitative estimate of drug-likeness (QED) is 0.708. The number of hydrogen-bond acceptors (Lipinski definition) is 4. The van der Waals surface area contributed by atoms with Gasteiger partial charge < -0.3 is 10.1 Å². The standard InChI is InChI=1S/C18H18BrNO3S/c1-3-23-18(22)15-14(11-6-8-13(19)9-7-11)10(2)24-17(15)20-16(21)12-4-5-12/h6-9,12H,3-5H2,1-2H3,(H,20,21). The molecule has 24 heavy (non-hydrogen) atoms. The SMILES string of the molecule is CCOC(=O)c1c(NC(=O)C2CC2)sc(C)c1-c1ccc(Br)cc1. The van der Waals surface area contributed by atoms with Gasteiger partial charge in [0.05, 0.1) is 6.61 Å². The molecule has 0 bridgehead atoms. The average Bonchev–Trinajstić information content (AvgIpc) is 3.33. The van der Waals surface area contributed by atoms with Gasteiger partial charge in [0, 0.05) is 20.8 Å². The highest BCUT2D eigenvalue weighted by Gasteiger charge is 2.32. The maximum absolute atomic E-state index is 12.5. The van der Waals surface area contributed by atoms with E-state index in [1.165, 1.54) is 11.3 Å². The van der Waals surface area contributed by atoms with E-state index in [4.69, 9.17) is 4.74 Å². The summed E-state index contributed by atoms with van der Waals surface area (Å²) in [5, 5.41) is 3.51. The number of thiophene rings is 1. The van der Waals surface area contributed by atoms with E-state index in [2.05, 4.69) is 21.2 Å². The van der Waals surface area contributed by atoms with Gasteiger partial charge in [0.2, 0.25) is 5.91 Å². The summed E-state index contributed by atoms with van der Waals surface area (Å²) in [7, 11) is 0. The molecule has 1 aromatic heterocycles. The van der Waals surface area contributed by atoms with Crippen molar-refractivity contribution in [3.63, 3.8) is 0 Å². The van der Waals surface area contributed by atoms with Gasteiger partial charge in [0.25, 0.3) is 0 Å². The molecule has 0 aliphatic heterocycles. The van der Waals surface area contributed by atoms with Gasteiger partial charge in [-0.25, -0.2) is 4.79 Å². The van der Waals surface area contributed by atoms with Crippen molar-refractivity contribution < 1.29 is 14.3 Å². The number of benzene rings is 1. The number of aryl methyl sites for hydroxylation is 1. The van der Waals surface area contributed by atoms with Crippen molar-refractivity contribution in [2.24, 2.45) is 5.92 Å². The number of halogens is 1. The first-order valence-electron chi connectivity index (χ1n) is 7.88. The number of carbonyl (C=O) groups is 2. The molecule has 0 saturated heterocycles. The zero-order valence-corrected chi connectivity index (χ0v) is 15.9. The van der Waals surface area contributed by atoms with E-state index in [9.17, 15) is 9.59 Å². The van der Waals surface area contributed by atoms with Gasteiger partial charge in [-0.15, -0.1) is 11.3 Å². The van der Waals surface area contributed by atoms with E-state index >= 15 is 0 Å². The van der Waals surface area contributed by atoms with Crippen LogP contribution in [0.15, 0.2) is 28.7 Å². The molecule has 1 aromatic carbocycles. The molecule has 1 fully saturated rings. The van der Waals surface area contributed by atoms with Crippen LogP contribution in [0.4, 0.5) is 5.00 Å². The summed E-state index contributed by atoms with van der Waals surface area (Å²) in [6.07, 6.45) is 1.84. The number of nitrogens with one attached hydrogen (secondary N) is 1. The first-order valence-corrected chi connectivity index (χ1v) is 9.49. The molecule has 1 N–H and O–H groups in total. The molecule has 0 spiro atoms. The summed E-state index contributed by atoms with van der Waals surface area (Å²) in [4.78, 5) is 25.7. The normalized spacial score (nSPS) is 13.6. The summed E-state index contributed by atoms with van der Waals surface area (Å²) < 4.78 is 6.20. The Morgan fingerprint density at radius 1 is 1.29 bits per heavy atom. The Morgan fingerprint density at radius 2 is 1.96 bits per heavy atom. The number of rotatable bonds is 5. The van der Waals surface area contributed by atoms with Gasteiger partial charge >= 0.3 is 5.97 Å². The van der Waals surface area contributed by atoms with E-state index in [1.807, 2.05) is 31.2 Å². The molecule has 0 unspecified atom stereocenters. The maximum atomic E-state index is 12.5. The zero-order chi connectivity index (χ0) is 17.3. The predicted octanol–water partition coefficient (Wildman–Crippen LogP) is 5.01. The van der Waals surface area contributed by atoms with Crippen molar-refractivity contribution >= 4 is 44.1 Å². The van der Waals surface area contributed by atoms with E-state index in [0.29, 0.717) is 17.2 Å². The van der Waals surface area contributed by atoms with Crippen LogP contribution < -0.4 is 5.32 Å². The Kier molecular flexibility index (Phi) is 5.06. The van der Waals surface area contributed by atoms with Crippen LogP contribution in [0.1, 0.15) is 35.0 Å². The Morgan fingerprint density at radius 3 is 2.54 bits per heavy atom. The van der Waals surface area contributed by atoms with Crippen LogP contribution in [0, 0.1) is 12.8 Å². The zero-order valence-electron chi connectivity index (χ0n) is 13.5. The molecule has 2 aromatic rings. The maximum Gasteiger partial charge on any atom is 0.341 e. The first kappa shape index (κ1) is 17.2. The molecule has 4 nitrogen and oxygen atoms in total. The van der Waals surface area contributed by atoms with E-state index < -0.39 is 5.97 Å². The number of anilines is 1. The molecule has 1 aliphatic carbocycles. The fraction of sp³-hybridized carbons (Fsp3) is 0.333. The predicted molar refractivity (Wildman–Crippen MR) is 99.5 cm³/mol. The van der Waals surface area contributed by atoms with Crippen molar-refractivity contribution in [2.45, 2.75) is 26.7 Å². The first-order chi connectivity index (χ1) is 11.5. The minimum atomic E-state index is -0.397. The minimum absolute atomic E-state index is 0.0100. The molecular formula is C18H18BrNO3S. The Labute approximate surface area is 153 Å². The third kappa shape index (κ3) is 3.54. The summed E-state index contributed by atoms with van der Waals surface area (Å²) >= 11 is 4.85. The highest BCUT2D eigenvalue weighted by Crippen LogP contribution is 2.41. The number of amides is 1. The van der Waals surface area contributed by atoms with Crippen LogP contribution in [0.25, 0.3) is 11.1 Å². The van der Waals surface area contributed by atoms with E-state index in [0.717, 1.165) is 33.3 Å². The summed E-state index contributed by atoms with van der Waals surface area (Å²) in [6.45, 7) is 4.03. The lowest BCUT2D eigenvalue weighted by molar-refractivity contribution is -0.117. The third-order valence-electron chi connectivity index (χ3n) is 3.88. The average molecular weight is 408 g/mol. The van der Waals surface area contributed by atoms with Crippen LogP contribution in [-0.2, 0) is 9.53 Å². The van der Waals surface area contributed by atoms with Crippen LogP contribution in [0.3, 0.4) is 0 Å². The van der Waals surface area contributed by atoms with Gasteiger partial charge in [0.1, 0.15) is 10.6 Å². The smallest absolute Gasteiger partial charge is 0.341 e. The molecule has 1 saturated carbocycles. The fourth-order valence-corrected chi connectivity index (χ4v) is 3.89. The van der Waals surface area contributed by atoms with Crippen LogP contribution in [0.2, 0.25) is 0 Å². The largest absolute Gasteiger partial charge is 0.462 e. The second kappa shape index (κ2) is 7.07. The van der Waals surface area contributed by atoms with Gasteiger partial charge in [0.15, 0.2) is 0 Å². The highest BCUT2D eigenvalue weighted by atomic mass is 79.9. The minimum Gasteiger partial charge on any atom is -0.462 e. The topological polar surface area (TPSA) is 55.4 Å². The number of carbonyl (C=O) groups excluding carboxylic acids is 2. The van der Waals surface area contributed by atoms with Crippen molar-refractivity contribution in [1.29, 1.82) is 0 Å². The number of ether oxygens (including phenoxy) is 1. The van der Waals surface area contributed by atoms with Gasteiger partial charge in [-0.1, -0.05) is 28.1 Å². The lowest BCUT2D eigenvalue weighted by Gasteiger charge is -2.09. The summed E-state index contributed by atoms with van der Waals surface area (Å²) in [6, 6.07) is 7.77. The van der Waals surface area contributed by atoms with Crippen LogP contribution >= 0.6 is 27.3 Å². The van der Waals surface area contributed by atoms with Gasteiger partial charge in [-0.3, -0.25) is 4.79 Å². The third-order valence-corrected chi connectivity index (χ3v) is 5.43. The summed E-state index contributed by atoms with van der Waals surface area (Å²) in [5.74, 6) is -0.325. The second-order valence-corrected chi connectivity index (χ2v) is 7.87. The van der Waals surface area contributed by atoms with E-state index in [1.54, 1.807) is 6.92 Å². The second-order valence-electron chi connectivity index (χ2n) is 5.73. The van der Waals surface area contributed by atoms with Crippen molar-refractivity contribution in [3.8, 4) is 11.1 Å². The van der Waals surface area contributed by atoms with Gasteiger partial charge in [-0.05, 0) is 44.4 Å². The van der Waals surface area contributed by atoms with Crippen molar-refractivity contribution in [3.05, 3.63) is 39.2 Å². The lowest BCUT2D eigenvalue weighted by atomic mass is 10.0. The molecule has 1 heterocycles. The highest BCUT2D eigenvalue weighted by molar-refractivity contribution is 9.10. The lowest BCUT2D eigenvalue weighted by Crippen LogP contribution is -2.15. The number of esters is 1. The molecule has 6 heteroatoms. The van der Waals surface area contributed by atoms with E-state index in [-0.39, 0.29) is 11.8 Å². The number of hydrogen-bond donors (Lipinski definition) is 1. The molecule has 0 radical (unpaired) electrons. The summed E-state index contributed by atoms with van der Waals surface area (Å²) in [5.41, 5.74) is 2.22. The van der Waals surface area contributed by atoms with Crippen LogP contribution in [0.5, 0.6) is 0 Å². The van der Waals surface area contributed by atoms with Crippen LogP contribution in [-0.4, -0.2) is 18.5 Å². The molecule has 3 rings (SSSR count). The Hall–Kier alpha value is -1.66. The fourth-order valence-electron chi connectivity index (χ4n) is 2.55. The van der Waals surface area contributed by atoms with Crippen molar-refractivity contribution in [1.82, 2.24) is 0 Å². The van der Waals surface area contributed by atoms with Gasteiger partial charge in [-0.2, -0.15) is 0 Å². The molecular weight excluding hydrogens is 390 g/mol.